The van der Waals surface area contributed by atoms with E-state index in [4.69, 9.17) is 20.4 Å². The van der Waals surface area contributed by atoms with Crippen LogP contribution in [0.25, 0.3) is 10.9 Å². The van der Waals surface area contributed by atoms with E-state index < -0.39 is 12.1 Å². The van der Waals surface area contributed by atoms with Crippen LogP contribution in [0.4, 0.5) is 0 Å². The molecule has 0 saturated heterocycles. The number of carboxylic acids is 1. The number of nitrogens with two attached hydrogens (primary N) is 1. The predicted octanol–water partition coefficient (Wildman–Crippen LogP) is 1.31. The number of hydrogen-bond donors (Lipinski definition) is 4. The third-order valence-corrected chi connectivity index (χ3v) is 4.49. The summed E-state index contributed by atoms with van der Waals surface area (Å²) in [6, 6.07) is 9.43. The van der Waals surface area contributed by atoms with Crippen molar-refractivity contribution in [2.24, 2.45) is 11.7 Å². The Bertz CT molecular complexity index is 789. The van der Waals surface area contributed by atoms with Gasteiger partial charge in [-0.1, -0.05) is 18.2 Å². The molecule has 1 amide bonds. The van der Waals surface area contributed by atoms with Gasteiger partial charge < -0.3 is 26.0 Å². The number of nitrogens with zero attached hydrogens (tertiary/aromatic N) is 1. The molecule has 0 aliphatic heterocycles. The van der Waals surface area contributed by atoms with E-state index in [9.17, 15) is 9.90 Å². The highest BCUT2D eigenvalue weighted by Gasteiger charge is 2.30. The predicted molar refractivity (Wildman–Crippen MR) is 105 cm³/mol. The summed E-state index contributed by atoms with van der Waals surface area (Å²) in [5.41, 5.74) is 6.58. The summed E-state index contributed by atoms with van der Waals surface area (Å²) in [7, 11) is 0. The molecular formula is C20H27N3O5. The van der Waals surface area contributed by atoms with Crippen molar-refractivity contribution < 1.29 is 24.5 Å². The standard InChI is InChI=1S/C18H23N3O3.C2H4O2/c19-14-7-6-13(11-15(14)22)18(23)21-9-10-24-16-5-1-3-12-4-2-8-20-17(12)16;1-2(3)4/h1-5,8,13-15,22H,6-7,9-11,19H2,(H,21,23);1H3,(H,3,4)/t13-,14+,15+;/m0./s1. The van der Waals surface area contributed by atoms with Crippen molar-refractivity contribution in [1.29, 1.82) is 0 Å². The summed E-state index contributed by atoms with van der Waals surface area (Å²) in [6.45, 7) is 1.87. The Balaban J connectivity index is 0.000000640. The maximum atomic E-state index is 12.1. The molecule has 1 aliphatic carbocycles. The van der Waals surface area contributed by atoms with E-state index in [-0.39, 0.29) is 17.9 Å². The lowest BCUT2D eigenvalue weighted by atomic mass is 9.84. The van der Waals surface area contributed by atoms with E-state index >= 15 is 0 Å². The first-order valence-electron chi connectivity index (χ1n) is 9.26. The lowest BCUT2D eigenvalue weighted by molar-refractivity contribution is -0.134. The average molecular weight is 389 g/mol. The van der Waals surface area contributed by atoms with Crippen molar-refractivity contribution in [2.75, 3.05) is 13.2 Å². The van der Waals surface area contributed by atoms with Gasteiger partial charge in [0.25, 0.3) is 5.97 Å². The van der Waals surface area contributed by atoms with Crippen molar-refractivity contribution in [2.45, 2.75) is 38.3 Å². The Morgan fingerprint density at radius 1 is 1.29 bits per heavy atom. The Morgan fingerprint density at radius 3 is 2.71 bits per heavy atom. The second kappa shape index (κ2) is 10.6. The molecule has 1 saturated carbocycles. The number of rotatable bonds is 5. The van der Waals surface area contributed by atoms with Gasteiger partial charge in [0.2, 0.25) is 5.91 Å². The largest absolute Gasteiger partial charge is 0.489 e. The number of amides is 1. The third kappa shape index (κ3) is 6.47. The third-order valence-electron chi connectivity index (χ3n) is 4.49. The van der Waals surface area contributed by atoms with E-state index in [2.05, 4.69) is 10.3 Å². The summed E-state index contributed by atoms with van der Waals surface area (Å²) in [6.07, 6.45) is 2.97. The van der Waals surface area contributed by atoms with Gasteiger partial charge in [0.15, 0.2) is 0 Å². The number of ether oxygens (including phenoxy) is 1. The van der Waals surface area contributed by atoms with Gasteiger partial charge in [-0.15, -0.1) is 0 Å². The van der Waals surface area contributed by atoms with Gasteiger partial charge in [-0.3, -0.25) is 14.6 Å². The molecule has 3 atom stereocenters. The monoisotopic (exact) mass is 389 g/mol. The summed E-state index contributed by atoms with van der Waals surface area (Å²) < 4.78 is 5.75. The Labute approximate surface area is 163 Å². The summed E-state index contributed by atoms with van der Waals surface area (Å²) in [5.74, 6) is -0.332. The Kier molecular flexibility index (Phi) is 8.16. The number of carbonyl (C=O) groups is 2. The second-order valence-corrected chi connectivity index (χ2v) is 6.73. The molecule has 8 nitrogen and oxygen atoms in total. The number of aliphatic hydroxyl groups is 1. The number of pyridine rings is 1. The van der Waals surface area contributed by atoms with Crippen LogP contribution in [-0.2, 0) is 9.59 Å². The zero-order valence-corrected chi connectivity index (χ0v) is 15.9. The molecule has 1 aromatic heterocycles. The molecule has 28 heavy (non-hydrogen) atoms. The zero-order valence-electron chi connectivity index (χ0n) is 15.9. The molecule has 0 radical (unpaired) electrons. The lowest BCUT2D eigenvalue weighted by Gasteiger charge is -2.29. The number of nitrogens with one attached hydrogen (secondary N) is 1. The van der Waals surface area contributed by atoms with E-state index in [1.807, 2.05) is 30.3 Å². The molecule has 152 valence electrons. The SMILES string of the molecule is CC(=O)O.N[C@@H]1CC[C@H](C(=O)NCCOc2cccc3cccnc23)C[C@H]1O. The molecule has 0 bridgehead atoms. The van der Waals surface area contributed by atoms with Crippen LogP contribution in [-0.4, -0.2) is 52.4 Å². The number of benzene rings is 1. The molecule has 0 unspecified atom stereocenters. The highest BCUT2D eigenvalue weighted by Crippen LogP contribution is 2.24. The van der Waals surface area contributed by atoms with Crippen LogP contribution in [0.15, 0.2) is 36.5 Å². The normalized spacial score (nSPS) is 21.3. The maximum Gasteiger partial charge on any atom is 0.300 e. The minimum absolute atomic E-state index is 0.0411. The summed E-state index contributed by atoms with van der Waals surface area (Å²) >= 11 is 0. The van der Waals surface area contributed by atoms with Gasteiger partial charge in [-0.2, -0.15) is 0 Å². The van der Waals surface area contributed by atoms with Crippen molar-refractivity contribution in [1.82, 2.24) is 10.3 Å². The lowest BCUT2D eigenvalue weighted by Crippen LogP contribution is -2.45. The van der Waals surface area contributed by atoms with Crippen LogP contribution in [0.2, 0.25) is 0 Å². The molecule has 3 rings (SSSR count). The van der Waals surface area contributed by atoms with Gasteiger partial charge >= 0.3 is 0 Å². The van der Waals surface area contributed by atoms with Crippen LogP contribution in [0, 0.1) is 5.92 Å². The molecule has 1 aliphatic rings. The molecule has 1 fully saturated rings. The van der Waals surface area contributed by atoms with Crippen molar-refractivity contribution in [3.8, 4) is 5.75 Å². The number of carbonyl (C=O) groups excluding carboxylic acids is 1. The molecule has 1 aromatic carbocycles. The number of aromatic nitrogens is 1. The molecule has 0 spiro atoms. The van der Waals surface area contributed by atoms with Gasteiger partial charge in [0.05, 0.1) is 12.6 Å². The van der Waals surface area contributed by atoms with E-state index in [1.165, 1.54) is 0 Å². The number of aliphatic carboxylic acids is 1. The molecule has 8 heteroatoms. The number of carboxylic acid groups (broad SMARTS) is 1. The maximum absolute atomic E-state index is 12.1. The van der Waals surface area contributed by atoms with Crippen LogP contribution in [0.5, 0.6) is 5.75 Å². The van der Waals surface area contributed by atoms with Gasteiger partial charge in [0.1, 0.15) is 17.9 Å². The van der Waals surface area contributed by atoms with E-state index in [0.717, 1.165) is 24.2 Å². The van der Waals surface area contributed by atoms with Crippen molar-refractivity contribution in [3.63, 3.8) is 0 Å². The van der Waals surface area contributed by atoms with E-state index in [0.29, 0.717) is 31.7 Å². The topological polar surface area (TPSA) is 135 Å². The number of fused-ring (bicyclic) bond motifs is 1. The smallest absolute Gasteiger partial charge is 0.300 e. The van der Waals surface area contributed by atoms with Crippen LogP contribution >= 0.6 is 0 Å². The summed E-state index contributed by atoms with van der Waals surface area (Å²) in [4.78, 5) is 25.5. The van der Waals surface area contributed by atoms with E-state index in [1.54, 1.807) is 6.20 Å². The second-order valence-electron chi connectivity index (χ2n) is 6.73. The fourth-order valence-electron chi connectivity index (χ4n) is 3.08. The minimum atomic E-state index is -0.833. The first kappa shape index (κ1) is 21.6. The van der Waals surface area contributed by atoms with Crippen LogP contribution in [0.1, 0.15) is 26.2 Å². The molecular weight excluding hydrogens is 362 g/mol. The van der Waals surface area contributed by atoms with Gasteiger partial charge in [-0.05, 0) is 31.4 Å². The number of para-hydroxylation sites is 1. The molecule has 1 heterocycles. The highest BCUT2D eigenvalue weighted by molar-refractivity contribution is 5.84. The van der Waals surface area contributed by atoms with Gasteiger partial charge in [0, 0.05) is 30.5 Å². The van der Waals surface area contributed by atoms with Crippen molar-refractivity contribution in [3.05, 3.63) is 36.5 Å². The van der Waals surface area contributed by atoms with Crippen LogP contribution < -0.4 is 15.8 Å². The van der Waals surface area contributed by atoms with Crippen molar-refractivity contribution >= 4 is 22.8 Å². The molecule has 5 N–H and O–H groups in total. The first-order chi connectivity index (χ1) is 13.4. The fraction of sp³-hybridized carbons (Fsp3) is 0.450. The zero-order chi connectivity index (χ0) is 20.5. The summed E-state index contributed by atoms with van der Waals surface area (Å²) in [5, 5.41) is 21.1. The Morgan fingerprint density at radius 2 is 2.00 bits per heavy atom. The first-order valence-corrected chi connectivity index (χ1v) is 9.26. The Hall–Kier alpha value is -2.71. The fourth-order valence-corrected chi connectivity index (χ4v) is 3.08. The quantitative estimate of drug-likeness (QED) is 0.566. The number of hydrogen-bond acceptors (Lipinski definition) is 6. The number of aliphatic hydroxyl groups excluding tert-OH is 1. The molecule has 2 aromatic rings. The van der Waals surface area contributed by atoms with Gasteiger partial charge in [-0.25, -0.2) is 0 Å². The average Bonchev–Trinajstić information content (AvgIpc) is 2.67. The highest BCUT2D eigenvalue weighted by atomic mass is 16.5. The van der Waals surface area contributed by atoms with Crippen LogP contribution in [0.3, 0.4) is 0 Å². The minimum Gasteiger partial charge on any atom is -0.489 e.